The summed E-state index contributed by atoms with van der Waals surface area (Å²) in [7, 11) is 3.78. The number of carbonyl (C=O) groups is 1. The maximum absolute atomic E-state index is 14.1. The van der Waals surface area contributed by atoms with Gasteiger partial charge in [0.2, 0.25) is 0 Å². The zero-order chi connectivity index (χ0) is 19.4. The van der Waals surface area contributed by atoms with Crippen molar-refractivity contribution in [1.82, 2.24) is 9.80 Å². The van der Waals surface area contributed by atoms with E-state index < -0.39 is 5.91 Å². The predicted octanol–water partition coefficient (Wildman–Crippen LogP) is 3.14. The van der Waals surface area contributed by atoms with Crippen LogP contribution >= 0.6 is 0 Å². The van der Waals surface area contributed by atoms with E-state index in [-0.39, 0.29) is 23.6 Å². The Kier molecular flexibility index (Phi) is 5.66. The number of fused-ring (bicyclic) bond motifs is 1. The van der Waals surface area contributed by atoms with Crippen molar-refractivity contribution in [2.45, 2.75) is 6.54 Å². The minimum Gasteiger partial charge on any atom is -0.451 e. The normalized spacial score (nSPS) is 11.1. The lowest BCUT2D eigenvalue weighted by molar-refractivity contribution is 0.0698. The van der Waals surface area contributed by atoms with E-state index in [1.54, 1.807) is 42.5 Å². The molecule has 0 unspecified atom stereocenters. The quantitative estimate of drug-likeness (QED) is 0.671. The monoisotopic (exact) mass is 368 g/mol. The lowest BCUT2D eigenvalue weighted by Crippen LogP contribution is -2.36. The molecule has 0 radical (unpaired) electrons. The first kappa shape index (κ1) is 18.8. The number of rotatable bonds is 6. The van der Waals surface area contributed by atoms with Crippen LogP contribution in [0.25, 0.3) is 11.0 Å². The molecule has 0 aliphatic heterocycles. The Labute approximate surface area is 156 Å². The smallest absolute Gasteiger partial charge is 0.290 e. The van der Waals surface area contributed by atoms with E-state index in [0.29, 0.717) is 29.6 Å². The molecular formula is C21H21FN2O3. The van der Waals surface area contributed by atoms with Crippen molar-refractivity contribution in [1.29, 1.82) is 0 Å². The molecular weight excluding hydrogens is 347 g/mol. The van der Waals surface area contributed by atoms with Crippen LogP contribution in [-0.2, 0) is 6.54 Å². The minimum absolute atomic E-state index is 0.0474. The molecule has 3 rings (SSSR count). The van der Waals surface area contributed by atoms with Crippen LogP contribution in [0.15, 0.2) is 63.8 Å². The third kappa shape index (κ3) is 4.41. The summed E-state index contributed by atoms with van der Waals surface area (Å²) in [5.74, 6) is -0.864. The molecule has 1 heterocycles. The number of carbonyl (C=O) groups excluding carboxylic acids is 1. The highest BCUT2D eigenvalue weighted by Crippen LogP contribution is 2.16. The molecule has 0 N–H and O–H groups in total. The van der Waals surface area contributed by atoms with Gasteiger partial charge in [-0.1, -0.05) is 30.3 Å². The fourth-order valence-electron chi connectivity index (χ4n) is 2.77. The van der Waals surface area contributed by atoms with Gasteiger partial charge < -0.3 is 14.2 Å². The maximum Gasteiger partial charge on any atom is 0.290 e. The number of para-hydroxylation sites is 1. The summed E-state index contributed by atoms with van der Waals surface area (Å²) < 4.78 is 19.7. The molecule has 3 aromatic rings. The van der Waals surface area contributed by atoms with Crippen LogP contribution in [-0.4, -0.2) is 42.9 Å². The van der Waals surface area contributed by atoms with Gasteiger partial charge in [-0.25, -0.2) is 4.39 Å². The maximum atomic E-state index is 14.1. The highest BCUT2D eigenvalue weighted by atomic mass is 19.1. The average molecular weight is 368 g/mol. The molecule has 27 heavy (non-hydrogen) atoms. The molecule has 0 aliphatic rings. The Balaban J connectivity index is 1.94. The van der Waals surface area contributed by atoms with Crippen LogP contribution < -0.4 is 5.43 Å². The number of benzene rings is 2. The summed E-state index contributed by atoms with van der Waals surface area (Å²) >= 11 is 0. The third-order valence-electron chi connectivity index (χ3n) is 4.27. The van der Waals surface area contributed by atoms with Crippen LogP contribution in [0.2, 0.25) is 0 Å². The van der Waals surface area contributed by atoms with E-state index in [1.807, 2.05) is 19.0 Å². The number of amides is 1. The Bertz CT molecular complexity index is 1010. The lowest BCUT2D eigenvalue weighted by Gasteiger charge is -2.24. The van der Waals surface area contributed by atoms with Crippen molar-refractivity contribution in [3.8, 4) is 0 Å². The number of hydrogen-bond donors (Lipinski definition) is 0. The van der Waals surface area contributed by atoms with Crippen molar-refractivity contribution in [2.75, 3.05) is 27.2 Å². The molecule has 0 bridgehead atoms. The highest BCUT2D eigenvalue weighted by Gasteiger charge is 2.21. The molecule has 1 amide bonds. The average Bonchev–Trinajstić information content (AvgIpc) is 2.66. The van der Waals surface area contributed by atoms with Crippen LogP contribution in [0.5, 0.6) is 0 Å². The van der Waals surface area contributed by atoms with Gasteiger partial charge in [-0.05, 0) is 32.3 Å². The Morgan fingerprint density at radius 3 is 2.48 bits per heavy atom. The van der Waals surface area contributed by atoms with Crippen LogP contribution in [0.3, 0.4) is 0 Å². The van der Waals surface area contributed by atoms with Crippen molar-refractivity contribution >= 4 is 16.9 Å². The van der Waals surface area contributed by atoms with E-state index in [4.69, 9.17) is 4.42 Å². The number of halogens is 1. The minimum atomic E-state index is -0.442. The molecule has 0 saturated carbocycles. The molecule has 2 aromatic carbocycles. The summed E-state index contributed by atoms with van der Waals surface area (Å²) in [4.78, 5) is 28.7. The lowest BCUT2D eigenvalue weighted by atomic mass is 10.1. The molecule has 0 saturated heterocycles. The summed E-state index contributed by atoms with van der Waals surface area (Å²) in [5, 5.41) is 0.419. The molecule has 0 aliphatic carbocycles. The van der Waals surface area contributed by atoms with Gasteiger partial charge in [0.05, 0.1) is 5.39 Å². The fourth-order valence-corrected chi connectivity index (χ4v) is 2.77. The molecule has 6 heteroatoms. The van der Waals surface area contributed by atoms with Crippen LogP contribution in [0.4, 0.5) is 4.39 Å². The first-order valence-electron chi connectivity index (χ1n) is 8.66. The van der Waals surface area contributed by atoms with Gasteiger partial charge in [0.1, 0.15) is 11.4 Å². The number of hydrogen-bond acceptors (Lipinski definition) is 4. The van der Waals surface area contributed by atoms with E-state index in [1.165, 1.54) is 17.0 Å². The molecule has 0 spiro atoms. The molecule has 0 atom stereocenters. The van der Waals surface area contributed by atoms with E-state index in [0.717, 1.165) is 0 Å². The summed E-state index contributed by atoms with van der Waals surface area (Å²) in [5.41, 5.74) is 0.484. The summed E-state index contributed by atoms with van der Waals surface area (Å²) in [6.45, 7) is 1.06. The Morgan fingerprint density at radius 2 is 1.74 bits per heavy atom. The standard InChI is InChI=1S/C21H21FN2O3/c1-23(2)11-12-24(14-15-7-3-5-9-17(15)22)21(26)20-13-18(25)16-8-4-6-10-19(16)27-20/h3-10,13H,11-12,14H2,1-2H3. The van der Waals surface area contributed by atoms with Gasteiger partial charge in [-0.15, -0.1) is 0 Å². The highest BCUT2D eigenvalue weighted by molar-refractivity contribution is 5.93. The van der Waals surface area contributed by atoms with E-state index in [2.05, 4.69) is 0 Å². The van der Waals surface area contributed by atoms with Crippen molar-refractivity contribution in [3.05, 3.63) is 82.0 Å². The topological polar surface area (TPSA) is 53.8 Å². The second-order valence-corrected chi connectivity index (χ2v) is 6.59. The second kappa shape index (κ2) is 8.14. The second-order valence-electron chi connectivity index (χ2n) is 6.59. The van der Waals surface area contributed by atoms with Gasteiger partial charge in [-0.3, -0.25) is 9.59 Å². The summed E-state index contributed by atoms with van der Waals surface area (Å²) in [6.07, 6.45) is 0. The van der Waals surface area contributed by atoms with E-state index in [9.17, 15) is 14.0 Å². The van der Waals surface area contributed by atoms with Crippen molar-refractivity contribution < 1.29 is 13.6 Å². The zero-order valence-electron chi connectivity index (χ0n) is 15.3. The van der Waals surface area contributed by atoms with Gasteiger partial charge in [0, 0.05) is 31.3 Å². The predicted molar refractivity (Wildman–Crippen MR) is 102 cm³/mol. The molecule has 5 nitrogen and oxygen atoms in total. The molecule has 140 valence electrons. The SMILES string of the molecule is CN(C)CCN(Cc1ccccc1F)C(=O)c1cc(=O)c2ccccc2o1. The largest absolute Gasteiger partial charge is 0.451 e. The van der Waals surface area contributed by atoms with Crippen LogP contribution in [0, 0.1) is 5.82 Å². The Morgan fingerprint density at radius 1 is 1.04 bits per heavy atom. The zero-order valence-corrected chi connectivity index (χ0v) is 15.3. The number of nitrogens with zero attached hydrogens (tertiary/aromatic N) is 2. The van der Waals surface area contributed by atoms with Crippen molar-refractivity contribution in [3.63, 3.8) is 0 Å². The first-order valence-corrected chi connectivity index (χ1v) is 8.66. The van der Waals surface area contributed by atoms with Crippen molar-refractivity contribution in [2.24, 2.45) is 0 Å². The molecule has 1 aromatic heterocycles. The number of likely N-dealkylation sites (N-methyl/N-ethyl adjacent to an activating group) is 1. The van der Waals surface area contributed by atoms with Crippen LogP contribution in [0.1, 0.15) is 16.1 Å². The third-order valence-corrected chi connectivity index (χ3v) is 4.27. The van der Waals surface area contributed by atoms with E-state index >= 15 is 0 Å². The molecule has 0 fully saturated rings. The Hall–Kier alpha value is -2.99. The van der Waals surface area contributed by atoms with Gasteiger partial charge >= 0.3 is 0 Å². The fraction of sp³-hybridized carbons (Fsp3) is 0.238. The van der Waals surface area contributed by atoms with Gasteiger partial charge in [-0.2, -0.15) is 0 Å². The summed E-state index contributed by atoms with van der Waals surface area (Å²) in [6, 6.07) is 14.3. The first-order chi connectivity index (χ1) is 13.0. The van der Waals surface area contributed by atoms with Gasteiger partial charge in [0.15, 0.2) is 11.2 Å². The van der Waals surface area contributed by atoms with Gasteiger partial charge in [0.25, 0.3) is 5.91 Å².